The van der Waals surface area contributed by atoms with Crippen molar-refractivity contribution >= 4 is 24.0 Å². The zero-order valence-corrected chi connectivity index (χ0v) is 35.6. The summed E-state index contributed by atoms with van der Waals surface area (Å²) in [7, 11) is 2.58. The highest BCUT2D eigenvalue weighted by Gasteiger charge is 2.51. The van der Waals surface area contributed by atoms with Crippen LogP contribution < -0.4 is 10.6 Å². The third-order valence-corrected chi connectivity index (χ3v) is 12.8. The number of nitrogens with zero attached hydrogens (tertiary/aromatic N) is 6. The predicted molar refractivity (Wildman–Crippen MR) is 236 cm³/mol. The topological polar surface area (TPSA) is 200 Å². The number of piperidine rings is 1. The Morgan fingerprint density at radius 1 is 0.656 bits per heavy atom. The van der Waals surface area contributed by atoms with Gasteiger partial charge in [-0.3, -0.25) is 19.6 Å². The zero-order valence-electron chi connectivity index (χ0n) is 35.6. The van der Waals surface area contributed by atoms with Crippen molar-refractivity contribution in [2.24, 2.45) is 5.92 Å². The number of hydrogen-bond donors (Lipinski definition) is 4. The number of H-pyrrole nitrogens is 2. The number of rotatable bonds is 13. The Kier molecular flexibility index (Phi) is 12.2. The monoisotopic (exact) mass is 862 g/mol. The molecule has 2 saturated heterocycles. The minimum absolute atomic E-state index is 0.0739. The standard InChI is InChI=1S/C48H50N10O6/c1-63-47(61)55-37(24-29-15-19-49-20-16-29)45(59)57-23-3-4-41(57)43-51-27-39(53-43)33-9-5-31(6-10-33)32-7-11-34(12-8-32)40-28-52-44(54-40)42-35-13-14-36(26-35)58(42)46(60)38(56-48(62)64-2)25-30-17-21-50-22-18-30/h5-12,15-22,27-28,35-38,41-42H,3-4,13-14,23-26H2,1-2H3,(H,51,53)(H,52,54)(H,55,61)(H,56,62)/t35-,36-,37-,38+,41-,42+/m0/s1. The molecule has 2 aliphatic heterocycles. The Labute approximate surface area is 370 Å². The number of likely N-dealkylation sites (tertiary alicyclic amines) is 2. The lowest BCUT2D eigenvalue weighted by Gasteiger charge is -2.36. The molecule has 3 fully saturated rings. The van der Waals surface area contributed by atoms with E-state index in [9.17, 15) is 19.2 Å². The molecule has 6 heterocycles. The molecule has 64 heavy (non-hydrogen) atoms. The van der Waals surface area contributed by atoms with Gasteiger partial charge in [0.25, 0.3) is 0 Å². The van der Waals surface area contributed by atoms with Crippen molar-refractivity contribution in [1.29, 1.82) is 0 Å². The number of aromatic amines is 2. The highest BCUT2D eigenvalue weighted by Crippen LogP contribution is 2.50. The molecule has 4 amide bonds. The Hall–Kier alpha value is -7.36. The van der Waals surface area contributed by atoms with E-state index in [4.69, 9.17) is 19.4 Å². The van der Waals surface area contributed by atoms with Crippen LogP contribution in [0.3, 0.4) is 0 Å². The van der Waals surface area contributed by atoms with Gasteiger partial charge in [0.1, 0.15) is 23.7 Å². The van der Waals surface area contributed by atoms with Gasteiger partial charge in [-0.15, -0.1) is 0 Å². The minimum Gasteiger partial charge on any atom is -0.453 e. The van der Waals surface area contributed by atoms with E-state index in [1.54, 1.807) is 35.9 Å². The average molecular weight is 863 g/mol. The first-order valence-corrected chi connectivity index (χ1v) is 21.7. The SMILES string of the molecule is COC(=O)N[C@@H](Cc1ccncc1)C(=O)N1CCC[C@H]1c1ncc(-c2ccc(-c3ccc(-c4cnc([C@H]5[C@H]6CC[C@@H](C6)N5C(=O)[C@@H](Cc5ccncc5)NC(=O)OC)[nH]4)cc3)cc2)[nH]1. The van der Waals surface area contributed by atoms with Crippen LogP contribution in [0.1, 0.15) is 67.0 Å². The number of ether oxygens (including phenoxy) is 2. The van der Waals surface area contributed by atoms with E-state index in [0.29, 0.717) is 25.2 Å². The van der Waals surface area contributed by atoms with Crippen molar-refractivity contribution in [3.8, 4) is 33.6 Å². The van der Waals surface area contributed by atoms with Crippen LogP contribution in [0.25, 0.3) is 33.6 Å². The average Bonchev–Trinajstić information content (AvgIpc) is 4.21. The van der Waals surface area contributed by atoms with Gasteiger partial charge in [0.2, 0.25) is 11.8 Å². The van der Waals surface area contributed by atoms with Crippen LogP contribution >= 0.6 is 0 Å². The smallest absolute Gasteiger partial charge is 0.407 e. The molecule has 0 radical (unpaired) electrons. The molecule has 328 valence electrons. The lowest BCUT2D eigenvalue weighted by Crippen LogP contribution is -2.52. The molecule has 3 aliphatic rings. The van der Waals surface area contributed by atoms with E-state index in [1.165, 1.54) is 14.2 Å². The molecule has 1 saturated carbocycles. The summed E-state index contributed by atoms with van der Waals surface area (Å²) in [6.07, 6.45) is 14.0. The molecule has 4 N–H and O–H groups in total. The van der Waals surface area contributed by atoms with Gasteiger partial charge in [-0.05, 0) is 95.7 Å². The molecular formula is C48H50N10O6. The summed E-state index contributed by atoms with van der Waals surface area (Å²) in [6.45, 7) is 0.553. The largest absolute Gasteiger partial charge is 0.453 e. The molecular weight excluding hydrogens is 813 g/mol. The van der Waals surface area contributed by atoms with Crippen molar-refractivity contribution in [1.82, 2.24) is 50.3 Å². The Morgan fingerprint density at radius 3 is 1.70 bits per heavy atom. The summed E-state index contributed by atoms with van der Waals surface area (Å²) in [5.41, 5.74) is 7.48. The normalized spacial score (nSPS) is 19.8. The van der Waals surface area contributed by atoms with E-state index < -0.39 is 24.3 Å². The van der Waals surface area contributed by atoms with Crippen molar-refractivity contribution < 1.29 is 28.7 Å². The van der Waals surface area contributed by atoms with E-state index >= 15 is 0 Å². The molecule has 0 unspecified atom stereocenters. The van der Waals surface area contributed by atoms with Gasteiger partial charge in [0.05, 0.1) is 50.1 Å². The summed E-state index contributed by atoms with van der Waals surface area (Å²) in [6, 6.07) is 21.9. The quantitative estimate of drug-likeness (QED) is 0.0984. The number of pyridine rings is 2. The van der Waals surface area contributed by atoms with Crippen LogP contribution in [0, 0.1) is 5.92 Å². The highest BCUT2D eigenvalue weighted by atomic mass is 16.5. The van der Waals surface area contributed by atoms with Gasteiger partial charge in [-0.1, -0.05) is 48.5 Å². The molecule has 2 aromatic carbocycles. The molecule has 4 aromatic heterocycles. The Bertz CT molecular complexity index is 2580. The molecule has 6 aromatic rings. The van der Waals surface area contributed by atoms with E-state index in [-0.39, 0.29) is 35.9 Å². The molecule has 16 nitrogen and oxygen atoms in total. The number of fused-ring (bicyclic) bond motifs is 2. The first kappa shape index (κ1) is 42.0. The fourth-order valence-electron chi connectivity index (χ4n) is 9.63. The van der Waals surface area contributed by atoms with Gasteiger partial charge in [0, 0.05) is 50.2 Å². The molecule has 2 bridgehead atoms. The van der Waals surface area contributed by atoms with Crippen molar-refractivity contribution in [2.75, 3.05) is 20.8 Å². The Morgan fingerprint density at radius 2 is 1.16 bits per heavy atom. The van der Waals surface area contributed by atoms with E-state index in [1.807, 2.05) is 35.4 Å². The summed E-state index contributed by atoms with van der Waals surface area (Å²) >= 11 is 0. The minimum atomic E-state index is -0.805. The second-order valence-electron chi connectivity index (χ2n) is 16.6. The number of benzene rings is 2. The second-order valence-corrected chi connectivity index (χ2v) is 16.6. The van der Waals surface area contributed by atoms with E-state index in [2.05, 4.69) is 79.1 Å². The molecule has 6 atom stereocenters. The van der Waals surface area contributed by atoms with Gasteiger partial charge in [-0.2, -0.15) is 0 Å². The molecule has 1 aliphatic carbocycles. The molecule has 0 spiro atoms. The van der Waals surface area contributed by atoms with Crippen molar-refractivity contribution in [3.63, 3.8) is 0 Å². The van der Waals surface area contributed by atoms with Crippen LogP contribution in [0.4, 0.5) is 9.59 Å². The molecule has 16 heteroatoms. The lowest BCUT2D eigenvalue weighted by molar-refractivity contribution is -0.138. The van der Waals surface area contributed by atoms with Gasteiger partial charge < -0.3 is 39.9 Å². The van der Waals surface area contributed by atoms with Crippen LogP contribution in [-0.2, 0) is 31.9 Å². The number of alkyl carbamates (subject to hydrolysis) is 2. The number of imidazole rings is 2. The maximum Gasteiger partial charge on any atom is 0.407 e. The van der Waals surface area contributed by atoms with Crippen molar-refractivity contribution in [3.05, 3.63) is 133 Å². The van der Waals surface area contributed by atoms with Gasteiger partial charge >= 0.3 is 12.2 Å². The summed E-state index contributed by atoms with van der Waals surface area (Å²) in [5, 5.41) is 5.51. The van der Waals surface area contributed by atoms with Crippen LogP contribution in [-0.4, -0.2) is 103 Å². The number of hydrogen-bond acceptors (Lipinski definition) is 10. The maximum absolute atomic E-state index is 14.3. The first-order chi connectivity index (χ1) is 31.3. The third-order valence-electron chi connectivity index (χ3n) is 12.8. The zero-order chi connectivity index (χ0) is 44.2. The number of amides is 4. The Balaban J connectivity index is 0.863. The lowest BCUT2D eigenvalue weighted by atomic mass is 9.96. The fourth-order valence-corrected chi connectivity index (χ4v) is 9.63. The molecule has 9 rings (SSSR count). The fraction of sp³-hybridized carbons (Fsp3) is 0.333. The number of nitrogens with one attached hydrogen (secondary N) is 4. The highest BCUT2D eigenvalue weighted by molar-refractivity contribution is 5.87. The third kappa shape index (κ3) is 8.80. The summed E-state index contributed by atoms with van der Waals surface area (Å²) in [4.78, 5) is 81.3. The summed E-state index contributed by atoms with van der Waals surface area (Å²) in [5.74, 6) is 1.37. The summed E-state index contributed by atoms with van der Waals surface area (Å²) < 4.78 is 9.73. The second kappa shape index (κ2) is 18.5. The first-order valence-electron chi connectivity index (χ1n) is 21.7. The van der Waals surface area contributed by atoms with Crippen LogP contribution in [0.2, 0.25) is 0 Å². The van der Waals surface area contributed by atoms with Crippen molar-refractivity contribution in [2.45, 2.75) is 75.2 Å². The van der Waals surface area contributed by atoms with Crippen LogP contribution in [0.5, 0.6) is 0 Å². The predicted octanol–water partition coefficient (Wildman–Crippen LogP) is 6.57. The van der Waals surface area contributed by atoms with Gasteiger partial charge in [0.15, 0.2) is 0 Å². The maximum atomic E-state index is 14.3. The number of carbonyl (C=O) groups excluding carboxylic acids is 4. The van der Waals surface area contributed by atoms with E-state index in [0.717, 1.165) is 82.7 Å². The van der Waals surface area contributed by atoms with Crippen LogP contribution in [0.15, 0.2) is 110 Å². The van der Waals surface area contributed by atoms with Gasteiger partial charge in [-0.25, -0.2) is 19.6 Å². The number of methoxy groups -OCH3 is 2. The number of aromatic nitrogens is 6. The number of carbonyl (C=O) groups is 4.